The monoisotopic (exact) mass is 456 g/mol. The molecule has 0 aromatic heterocycles. The van der Waals surface area contributed by atoms with Crippen LogP contribution in [-0.4, -0.2) is 31.7 Å². The Labute approximate surface area is 188 Å². The molecule has 1 saturated carbocycles. The van der Waals surface area contributed by atoms with Gasteiger partial charge < -0.3 is 4.74 Å². The van der Waals surface area contributed by atoms with Gasteiger partial charge in [0.05, 0.1) is 29.9 Å². The summed E-state index contributed by atoms with van der Waals surface area (Å²) in [5, 5.41) is 0. The summed E-state index contributed by atoms with van der Waals surface area (Å²) in [6, 6.07) is 11.7. The van der Waals surface area contributed by atoms with Crippen molar-refractivity contribution in [2.75, 3.05) is 11.3 Å². The van der Waals surface area contributed by atoms with E-state index in [1.807, 2.05) is 6.92 Å². The lowest BCUT2D eigenvalue weighted by molar-refractivity contribution is -0.140. The number of fused-ring (bicyclic) bond motifs is 1. The lowest BCUT2D eigenvalue weighted by atomic mass is 9.81. The molecule has 2 fully saturated rings. The van der Waals surface area contributed by atoms with Crippen molar-refractivity contribution in [3.63, 3.8) is 0 Å². The number of rotatable bonds is 7. The zero-order valence-electron chi connectivity index (χ0n) is 18.3. The molecule has 1 aliphatic heterocycles. The van der Waals surface area contributed by atoms with E-state index < -0.39 is 10.0 Å². The number of aryl methyl sites for hydroxylation is 1. The molecule has 2 aromatic rings. The number of sulfonamides is 1. The molecule has 7 nitrogen and oxygen atoms in total. The highest BCUT2D eigenvalue weighted by Crippen LogP contribution is 2.38. The molecule has 1 N–H and O–H groups in total. The first-order valence-corrected chi connectivity index (χ1v) is 12.5. The molecule has 2 atom stereocenters. The predicted octanol–water partition coefficient (Wildman–Crippen LogP) is 3.87. The molecule has 2 aromatic carbocycles. The van der Waals surface area contributed by atoms with Crippen molar-refractivity contribution in [3.8, 4) is 5.75 Å². The molecule has 2 aliphatic rings. The molecular weight excluding hydrogens is 428 g/mol. The van der Waals surface area contributed by atoms with Gasteiger partial charge in [-0.1, -0.05) is 25.0 Å². The zero-order valence-corrected chi connectivity index (χ0v) is 19.2. The summed E-state index contributed by atoms with van der Waals surface area (Å²) in [5.74, 6) is -0.0269. The third-order valence-electron chi connectivity index (χ3n) is 6.23. The van der Waals surface area contributed by atoms with Gasteiger partial charge in [0.1, 0.15) is 5.75 Å². The minimum Gasteiger partial charge on any atom is -0.494 e. The molecule has 0 spiro atoms. The molecular formula is C24H28N2O5S. The van der Waals surface area contributed by atoms with Crippen LogP contribution < -0.4 is 9.46 Å². The topological polar surface area (TPSA) is 92.8 Å². The number of likely N-dealkylation sites (tertiary alicyclic amines) is 1. The number of amides is 2. The van der Waals surface area contributed by atoms with E-state index in [0.29, 0.717) is 29.2 Å². The van der Waals surface area contributed by atoms with E-state index in [1.54, 1.807) is 49.4 Å². The van der Waals surface area contributed by atoms with Gasteiger partial charge in [-0.25, -0.2) is 8.42 Å². The van der Waals surface area contributed by atoms with Gasteiger partial charge in [0, 0.05) is 5.69 Å². The number of benzene rings is 2. The second kappa shape index (κ2) is 8.94. The third-order valence-corrected chi connectivity index (χ3v) is 7.76. The fourth-order valence-corrected chi connectivity index (χ4v) is 5.95. The number of carbonyl (C=O) groups is 2. The van der Waals surface area contributed by atoms with Crippen LogP contribution >= 0.6 is 0 Å². The van der Waals surface area contributed by atoms with E-state index in [0.717, 1.165) is 25.7 Å². The van der Waals surface area contributed by atoms with Gasteiger partial charge in [0.2, 0.25) is 11.8 Å². The van der Waals surface area contributed by atoms with Crippen LogP contribution in [0.3, 0.4) is 0 Å². The number of nitrogens with one attached hydrogen (secondary N) is 1. The minimum absolute atomic E-state index is 0.0938. The molecule has 1 saturated heterocycles. The second-order valence-electron chi connectivity index (χ2n) is 8.42. The number of nitrogens with zero attached hydrogens (tertiary/aromatic N) is 1. The molecule has 170 valence electrons. The number of imide groups is 1. The number of hydrogen-bond acceptors (Lipinski definition) is 5. The summed E-state index contributed by atoms with van der Waals surface area (Å²) in [6.45, 7) is 4.22. The van der Waals surface area contributed by atoms with Crippen LogP contribution in [0.1, 0.15) is 43.7 Å². The molecule has 8 heteroatoms. The lowest BCUT2D eigenvalue weighted by Gasteiger charge is -2.19. The molecule has 1 aliphatic carbocycles. The first-order valence-electron chi connectivity index (χ1n) is 11.0. The summed E-state index contributed by atoms with van der Waals surface area (Å²) in [4.78, 5) is 27.0. The summed E-state index contributed by atoms with van der Waals surface area (Å²) in [7, 11) is -3.85. The highest BCUT2D eigenvalue weighted by atomic mass is 32.2. The molecule has 4 rings (SSSR count). The average Bonchev–Trinajstić information content (AvgIpc) is 3.01. The fraction of sp³-hybridized carbons (Fsp3) is 0.417. The van der Waals surface area contributed by atoms with Crippen LogP contribution in [0.25, 0.3) is 0 Å². The van der Waals surface area contributed by atoms with E-state index in [9.17, 15) is 18.0 Å². The second-order valence-corrected chi connectivity index (χ2v) is 10.1. The van der Waals surface area contributed by atoms with E-state index in [-0.39, 0.29) is 35.1 Å². The van der Waals surface area contributed by atoms with E-state index in [1.165, 1.54) is 4.90 Å². The zero-order chi connectivity index (χ0) is 22.9. The largest absolute Gasteiger partial charge is 0.494 e. The van der Waals surface area contributed by atoms with Gasteiger partial charge in [0.25, 0.3) is 10.0 Å². The Bertz CT molecular complexity index is 1100. The molecule has 2 amide bonds. The van der Waals surface area contributed by atoms with Crippen LogP contribution in [0, 0.1) is 18.8 Å². The quantitative estimate of drug-likeness (QED) is 0.639. The third kappa shape index (κ3) is 4.37. The van der Waals surface area contributed by atoms with Crippen LogP contribution in [0.2, 0.25) is 0 Å². The molecule has 1 heterocycles. The van der Waals surface area contributed by atoms with Crippen molar-refractivity contribution in [1.29, 1.82) is 0 Å². The van der Waals surface area contributed by atoms with Gasteiger partial charge in [0.15, 0.2) is 0 Å². The molecule has 0 bridgehead atoms. The van der Waals surface area contributed by atoms with Crippen molar-refractivity contribution < 1.29 is 22.7 Å². The highest BCUT2D eigenvalue weighted by Gasteiger charge is 2.47. The van der Waals surface area contributed by atoms with Crippen molar-refractivity contribution >= 4 is 27.5 Å². The van der Waals surface area contributed by atoms with Crippen LogP contribution in [0.4, 0.5) is 5.69 Å². The molecule has 32 heavy (non-hydrogen) atoms. The summed E-state index contributed by atoms with van der Waals surface area (Å²) in [6.07, 6.45) is 3.45. The lowest BCUT2D eigenvalue weighted by Crippen LogP contribution is -2.30. The number of hydrogen-bond donors (Lipinski definition) is 1. The summed E-state index contributed by atoms with van der Waals surface area (Å²) < 4.78 is 34.1. The van der Waals surface area contributed by atoms with E-state index >= 15 is 0 Å². The maximum Gasteiger partial charge on any atom is 0.262 e. The maximum absolute atomic E-state index is 13.1. The van der Waals surface area contributed by atoms with Crippen LogP contribution in [-0.2, 0) is 26.2 Å². The minimum atomic E-state index is -3.85. The van der Waals surface area contributed by atoms with Gasteiger partial charge >= 0.3 is 0 Å². The average molecular weight is 457 g/mol. The maximum atomic E-state index is 13.1. The van der Waals surface area contributed by atoms with Crippen molar-refractivity contribution in [1.82, 2.24) is 4.90 Å². The summed E-state index contributed by atoms with van der Waals surface area (Å²) in [5.41, 5.74) is 1.62. The van der Waals surface area contributed by atoms with E-state index in [4.69, 9.17) is 4.74 Å². The Balaban J connectivity index is 1.54. The van der Waals surface area contributed by atoms with Crippen molar-refractivity contribution in [2.45, 2.75) is 51.0 Å². The van der Waals surface area contributed by atoms with Gasteiger partial charge in [-0.3, -0.25) is 19.2 Å². The number of carbonyl (C=O) groups excluding carboxylic acids is 2. The SMILES string of the molecule is CCOc1ccc(NS(=O)(=O)c2cc(CN3C(=O)[C@H]4CCCC[C@H]4C3=O)ccc2C)cc1. The first kappa shape index (κ1) is 22.3. The van der Waals surface area contributed by atoms with Gasteiger partial charge in [-0.05, 0) is 68.1 Å². The Hall–Kier alpha value is -2.87. The van der Waals surface area contributed by atoms with Gasteiger partial charge in [-0.15, -0.1) is 0 Å². The van der Waals surface area contributed by atoms with Crippen LogP contribution in [0.5, 0.6) is 5.75 Å². The normalized spacial score (nSPS) is 20.9. The van der Waals surface area contributed by atoms with Crippen molar-refractivity contribution in [3.05, 3.63) is 53.6 Å². The Morgan fingerprint density at radius 1 is 1.00 bits per heavy atom. The Kier molecular flexibility index (Phi) is 6.24. The molecule has 0 radical (unpaired) electrons. The Morgan fingerprint density at radius 3 is 2.22 bits per heavy atom. The van der Waals surface area contributed by atoms with Gasteiger partial charge in [-0.2, -0.15) is 0 Å². The smallest absolute Gasteiger partial charge is 0.262 e. The standard InChI is InChI=1S/C24H28N2O5S/c1-3-31-19-12-10-18(11-13-19)25-32(29,30)22-14-17(9-8-16(22)2)15-26-23(27)20-6-4-5-7-21(20)24(26)28/h8-14,20-21,25H,3-7,15H2,1-2H3/t20-,21+. The number of ether oxygens (including phenoxy) is 1. The fourth-order valence-electron chi connectivity index (χ4n) is 4.60. The summed E-state index contributed by atoms with van der Waals surface area (Å²) >= 11 is 0. The molecule has 0 unspecified atom stereocenters. The van der Waals surface area contributed by atoms with E-state index in [2.05, 4.69) is 4.72 Å². The predicted molar refractivity (Wildman–Crippen MR) is 121 cm³/mol. The Morgan fingerprint density at radius 2 is 1.62 bits per heavy atom. The van der Waals surface area contributed by atoms with Crippen LogP contribution in [0.15, 0.2) is 47.4 Å². The number of anilines is 1. The first-order chi connectivity index (χ1) is 15.3. The highest BCUT2D eigenvalue weighted by molar-refractivity contribution is 7.92. The van der Waals surface area contributed by atoms with Crippen molar-refractivity contribution in [2.24, 2.45) is 11.8 Å².